The second kappa shape index (κ2) is 11.1. The minimum atomic E-state index is 1.15. The van der Waals surface area contributed by atoms with Crippen molar-refractivity contribution >= 4 is 76.3 Å². The third kappa shape index (κ3) is 4.08. The van der Waals surface area contributed by atoms with E-state index in [9.17, 15) is 0 Å². The van der Waals surface area contributed by atoms with Gasteiger partial charge in [-0.1, -0.05) is 91.0 Å². The highest BCUT2D eigenvalue weighted by Gasteiger charge is 2.21. The van der Waals surface area contributed by atoms with E-state index in [1.165, 1.54) is 76.3 Å². The largest absolute Gasteiger partial charge is 0.316 e. The second-order valence-electron chi connectivity index (χ2n) is 14.2. The molecule has 4 heteroatoms. The van der Waals surface area contributed by atoms with Crippen molar-refractivity contribution in [3.63, 3.8) is 0 Å². The summed E-state index contributed by atoms with van der Waals surface area (Å²) in [5.41, 5.74) is 13.0. The second-order valence-corrected chi connectivity index (χ2v) is 14.2. The third-order valence-electron chi connectivity index (χ3n) is 11.3. The van der Waals surface area contributed by atoms with Crippen molar-refractivity contribution in [1.29, 1.82) is 0 Å². The Balaban J connectivity index is 1.17. The van der Waals surface area contributed by atoms with E-state index in [1.807, 2.05) is 0 Å². The fraction of sp³-hybridized carbons (Fsp3) is 0. The summed E-state index contributed by atoms with van der Waals surface area (Å²) in [6, 6.07) is 68.5. The van der Waals surface area contributed by atoms with Crippen LogP contribution in [0.1, 0.15) is 0 Å². The van der Waals surface area contributed by atoms with Gasteiger partial charge < -0.3 is 18.3 Å². The van der Waals surface area contributed by atoms with Crippen molar-refractivity contribution in [3.05, 3.63) is 194 Å². The van der Waals surface area contributed by atoms with E-state index in [2.05, 4.69) is 213 Å². The first-order valence-corrected chi connectivity index (χ1v) is 18.5. The van der Waals surface area contributed by atoms with Crippen LogP contribution in [0.5, 0.6) is 0 Å². The molecular formula is C50H32N4. The zero-order valence-electron chi connectivity index (χ0n) is 29.3. The van der Waals surface area contributed by atoms with Gasteiger partial charge in [0.1, 0.15) is 0 Å². The summed E-state index contributed by atoms with van der Waals surface area (Å²) in [4.78, 5) is 0. The number of benzene rings is 8. The number of hydrogen-bond donors (Lipinski definition) is 0. The number of fused-ring (bicyclic) bond motifs is 10. The maximum absolute atomic E-state index is 2.46. The van der Waals surface area contributed by atoms with Crippen LogP contribution in [-0.2, 0) is 0 Å². The lowest BCUT2D eigenvalue weighted by Crippen LogP contribution is -1.97. The average molecular weight is 689 g/mol. The van der Waals surface area contributed by atoms with Gasteiger partial charge >= 0.3 is 0 Å². The van der Waals surface area contributed by atoms with Crippen molar-refractivity contribution in [1.82, 2.24) is 18.3 Å². The van der Waals surface area contributed by atoms with Gasteiger partial charge in [-0.05, 0) is 97.1 Å². The summed E-state index contributed by atoms with van der Waals surface area (Å²) in [6.07, 6.45) is 2.19. The fourth-order valence-electron chi connectivity index (χ4n) is 9.01. The van der Waals surface area contributed by atoms with Gasteiger partial charge in [0.25, 0.3) is 0 Å². The van der Waals surface area contributed by atoms with Crippen molar-refractivity contribution in [2.45, 2.75) is 0 Å². The van der Waals surface area contributed by atoms with Crippen LogP contribution in [0.2, 0.25) is 0 Å². The molecule has 4 nitrogen and oxygen atoms in total. The molecule has 0 aliphatic carbocycles. The third-order valence-corrected chi connectivity index (χ3v) is 11.3. The molecule has 4 aromatic heterocycles. The van der Waals surface area contributed by atoms with E-state index in [4.69, 9.17) is 0 Å². The average Bonchev–Trinajstić information content (AvgIpc) is 3.98. The molecule has 0 saturated heterocycles. The van der Waals surface area contributed by atoms with Gasteiger partial charge in [0.15, 0.2) is 0 Å². The SMILES string of the molecule is c1ccc(-n2ccc3cc4c5cc6c7ccccc7n(-c7ccc8c(c7)c7ccccc7n8-c7ccccc7)c6cc5n(-c5ccccc5)c4cc32)cc1. The number of aromatic nitrogens is 4. The molecule has 0 aliphatic heterocycles. The van der Waals surface area contributed by atoms with Crippen LogP contribution in [0.25, 0.3) is 99.1 Å². The lowest BCUT2D eigenvalue weighted by atomic mass is 10.1. The minimum absolute atomic E-state index is 1.15. The predicted octanol–water partition coefficient (Wildman–Crippen LogP) is 12.9. The molecule has 0 radical (unpaired) electrons. The Morgan fingerprint density at radius 3 is 1.31 bits per heavy atom. The summed E-state index contributed by atoms with van der Waals surface area (Å²) in [5.74, 6) is 0. The Bertz CT molecular complexity index is 3410. The van der Waals surface area contributed by atoms with Crippen LogP contribution >= 0.6 is 0 Å². The molecule has 8 aromatic carbocycles. The highest BCUT2D eigenvalue weighted by Crippen LogP contribution is 2.42. The molecule has 0 N–H and O–H groups in total. The van der Waals surface area contributed by atoms with E-state index >= 15 is 0 Å². The Morgan fingerprint density at radius 2 is 0.685 bits per heavy atom. The van der Waals surface area contributed by atoms with Crippen molar-refractivity contribution in [3.8, 4) is 22.7 Å². The van der Waals surface area contributed by atoms with Crippen LogP contribution in [0, 0.1) is 0 Å². The van der Waals surface area contributed by atoms with Crippen LogP contribution in [0.3, 0.4) is 0 Å². The zero-order chi connectivity index (χ0) is 35.3. The highest BCUT2D eigenvalue weighted by atomic mass is 15.0. The van der Waals surface area contributed by atoms with E-state index < -0.39 is 0 Å². The molecule has 252 valence electrons. The first-order valence-electron chi connectivity index (χ1n) is 18.5. The predicted molar refractivity (Wildman–Crippen MR) is 226 cm³/mol. The molecule has 0 aliphatic rings. The summed E-state index contributed by atoms with van der Waals surface area (Å²) < 4.78 is 9.59. The van der Waals surface area contributed by atoms with Gasteiger partial charge in [0.05, 0.1) is 38.6 Å². The molecule has 0 bridgehead atoms. The lowest BCUT2D eigenvalue weighted by molar-refractivity contribution is 1.12. The van der Waals surface area contributed by atoms with Crippen LogP contribution in [-0.4, -0.2) is 18.3 Å². The van der Waals surface area contributed by atoms with Crippen molar-refractivity contribution in [2.24, 2.45) is 0 Å². The Kier molecular flexibility index (Phi) is 6.02. The Morgan fingerprint density at radius 1 is 0.241 bits per heavy atom. The first-order chi connectivity index (χ1) is 26.8. The molecule has 0 spiro atoms. The number of hydrogen-bond acceptors (Lipinski definition) is 0. The molecule has 0 amide bonds. The van der Waals surface area contributed by atoms with E-state index in [0.29, 0.717) is 0 Å². The maximum Gasteiger partial charge on any atom is 0.0562 e. The molecule has 12 rings (SSSR count). The lowest BCUT2D eigenvalue weighted by Gasteiger charge is -2.11. The number of rotatable bonds is 4. The molecule has 0 saturated carbocycles. The molecule has 0 atom stereocenters. The topological polar surface area (TPSA) is 19.7 Å². The van der Waals surface area contributed by atoms with Gasteiger partial charge in [-0.2, -0.15) is 0 Å². The monoisotopic (exact) mass is 688 g/mol. The fourth-order valence-corrected chi connectivity index (χ4v) is 9.01. The van der Waals surface area contributed by atoms with Crippen LogP contribution < -0.4 is 0 Å². The van der Waals surface area contributed by atoms with Gasteiger partial charge in [-0.3, -0.25) is 0 Å². The van der Waals surface area contributed by atoms with E-state index in [0.717, 1.165) is 22.7 Å². The van der Waals surface area contributed by atoms with Gasteiger partial charge in [-0.25, -0.2) is 0 Å². The zero-order valence-corrected chi connectivity index (χ0v) is 29.3. The number of para-hydroxylation sites is 5. The van der Waals surface area contributed by atoms with Crippen LogP contribution in [0.4, 0.5) is 0 Å². The van der Waals surface area contributed by atoms with Crippen molar-refractivity contribution in [2.75, 3.05) is 0 Å². The molecule has 12 aromatic rings. The van der Waals surface area contributed by atoms with Gasteiger partial charge in [-0.15, -0.1) is 0 Å². The molecule has 54 heavy (non-hydrogen) atoms. The summed E-state index contributed by atoms with van der Waals surface area (Å²) >= 11 is 0. The molecule has 0 unspecified atom stereocenters. The summed E-state index contributed by atoms with van der Waals surface area (Å²) in [6.45, 7) is 0. The molecule has 4 heterocycles. The maximum atomic E-state index is 2.46. The van der Waals surface area contributed by atoms with E-state index in [-0.39, 0.29) is 0 Å². The molecule has 0 fully saturated rings. The quantitative estimate of drug-likeness (QED) is 0.175. The first kappa shape index (κ1) is 29.3. The number of nitrogens with zero attached hydrogens (tertiary/aromatic N) is 4. The van der Waals surface area contributed by atoms with E-state index in [1.54, 1.807) is 0 Å². The van der Waals surface area contributed by atoms with Crippen LogP contribution in [0.15, 0.2) is 194 Å². The van der Waals surface area contributed by atoms with Gasteiger partial charge in [0.2, 0.25) is 0 Å². The minimum Gasteiger partial charge on any atom is -0.316 e. The summed E-state index contributed by atoms with van der Waals surface area (Å²) in [5, 5.41) is 8.71. The molecular weight excluding hydrogens is 657 g/mol. The Hall–Kier alpha value is -7.30. The van der Waals surface area contributed by atoms with Crippen molar-refractivity contribution < 1.29 is 0 Å². The summed E-state index contributed by atoms with van der Waals surface area (Å²) in [7, 11) is 0. The normalized spacial score (nSPS) is 12.1. The highest BCUT2D eigenvalue weighted by molar-refractivity contribution is 6.21. The smallest absolute Gasteiger partial charge is 0.0562 e. The standard InChI is InChI=1S/C50H32N4/c1-4-14-34(15-5-1)51-27-26-33-28-40-43-30-42-39-21-11-13-23-45(39)54(49(42)32-50(43)53(48(40)31-47(33)51)36-18-8-3-9-19-36)37-24-25-46-41(29-37)38-20-10-12-22-44(38)52(46)35-16-6-2-7-17-35/h1-32H. The van der Waals surface area contributed by atoms with Gasteiger partial charge in [0, 0.05) is 66.6 Å². The Labute approximate surface area is 310 Å².